The Morgan fingerprint density at radius 2 is 2.21 bits per heavy atom. The fraction of sp³-hybridized carbons (Fsp3) is 0.375. The topological polar surface area (TPSA) is 56.9 Å². The summed E-state index contributed by atoms with van der Waals surface area (Å²) in [4.78, 5) is 27.9. The molecule has 0 aliphatic carbocycles. The van der Waals surface area contributed by atoms with Gasteiger partial charge in [-0.2, -0.15) is 0 Å². The van der Waals surface area contributed by atoms with Crippen molar-refractivity contribution in [3.63, 3.8) is 0 Å². The van der Waals surface area contributed by atoms with Crippen molar-refractivity contribution < 1.29 is 0 Å². The summed E-state index contributed by atoms with van der Waals surface area (Å²) in [5.74, 6) is 0. The highest BCUT2D eigenvalue weighted by Crippen LogP contribution is 2.10. The Morgan fingerprint density at radius 1 is 1.50 bits per heavy atom. The summed E-state index contributed by atoms with van der Waals surface area (Å²) in [5.41, 5.74) is 1.37. The average molecular weight is 211 g/mol. The van der Waals surface area contributed by atoms with Gasteiger partial charge in [0, 0.05) is 13.6 Å². The first kappa shape index (κ1) is 9.14. The van der Waals surface area contributed by atoms with Gasteiger partial charge in [0.25, 0.3) is 5.56 Å². The molecule has 0 N–H and O–H groups in total. The van der Waals surface area contributed by atoms with Gasteiger partial charge in [0.05, 0.1) is 5.51 Å². The summed E-state index contributed by atoms with van der Waals surface area (Å²) in [6, 6.07) is 0. The van der Waals surface area contributed by atoms with Crippen molar-refractivity contribution in [3.05, 3.63) is 26.3 Å². The van der Waals surface area contributed by atoms with Gasteiger partial charge in [-0.25, -0.2) is 9.78 Å². The summed E-state index contributed by atoms with van der Waals surface area (Å²) >= 11 is 1.30. The number of rotatable bonds is 1. The summed E-state index contributed by atoms with van der Waals surface area (Å²) in [6.07, 6.45) is 0. The molecule has 14 heavy (non-hydrogen) atoms. The second-order valence-corrected chi connectivity index (χ2v) is 3.73. The van der Waals surface area contributed by atoms with E-state index in [1.807, 2.05) is 0 Å². The van der Waals surface area contributed by atoms with Crippen LogP contribution in [0.1, 0.15) is 6.92 Å². The molecule has 0 aromatic carbocycles. The third kappa shape index (κ3) is 1.04. The van der Waals surface area contributed by atoms with Gasteiger partial charge in [0.1, 0.15) is 4.83 Å². The van der Waals surface area contributed by atoms with Crippen LogP contribution in [0.5, 0.6) is 0 Å². The van der Waals surface area contributed by atoms with Crippen LogP contribution in [0.2, 0.25) is 0 Å². The van der Waals surface area contributed by atoms with Crippen molar-refractivity contribution in [2.75, 3.05) is 0 Å². The normalized spacial score (nSPS) is 11.0. The Bertz CT molecular complexity index is 593. The molecule has 74 valence electrons. The first-order valence-corrected chi connectivity index (χ1v) is 5.07. The SMILES string of the molecule is CCn1c(=O)c2ncsc2n(C)c1=O. The molecule has 0 aliphatic heterocycles. The Kier molecular flexibility index (Phi) is 1.99. The Hall–Kier alpha value is -1.43. The summed E-state index contributed by atoms with van der Waals surface area (Å²) in [6.45, 7) is 2.14. The number of aromatic nitrogens is 3. The van der Waals surface area contributed by atoms with Gasteiger partial charge in [0.15, 0.2) is 5.52 Å². The van der Waals surface area contributed by atoms with Crippen molar-refractivity contribution in [1.29, 1.82) is 0 Å². The third-order valence-corrected chi connectivity index (χ3v) is 3.04. The van der Waals surface area contributed by atoms with Gasteiger partial charge in [-0.05, 0) is 6.92 Å². The first-order valence-electron chi connectivity index (χ1n) is 4.19. The van der Waals surface area contributed by atoms with Crippen LogP contribution < -0.4 is 11.2 Å². The Morgan fingerprint density at radius 3 is 2.86 bits per heavy atom. The van der Waals surface area contributed by atoms with E-state index in [9.17, 15) is 9.59 Å². The van der Waals surface area contributed by atoms with Crippen molar-refractivity contribution >= 4 is 21.7 Å². The minimum atomic E-state index is -0.299. The van der Waals surface area contributed by atoms with Gasteiger partial charge in [-0.15, -0.1) is 11.3 Å². The third-order valence-electron chi connectivity index (χ3n) is 2.14. The molecule has 0 unspecified atom stereocenters. The van der Waals surface area contributed by atoms with E-state index in [1.54, 1.807) is 19.5 Å². The van der Waals surface area contributed by atoms with E-state index in [-0.39, 0.29) is 11.2 Å². The number of aryl methyl sites for hydroxylation is 1. The van der Waals surface area contributed by atoms with Crippen molar-refractivity contribution in [3.8, 4) is 0 Å². The molecule has 0 atom stereocenters. The highest BCUT2D eigenvalue weighted by molar-refractivity contribution is 7.16. The van der Waals surface area contributed by atoms with E-state index >= 15 is 0 Å². The molecular weight excluding hydrogens is 202 g/mol. The molecule has 6 heteroatoms. The molecule has 5 nitrogen and oxygen atoms in total. The van der Waals surface area contributed by atoms with Crippen molar-refractivity contribution in [2.24, 2.45) is 7.05 Å². The molecule has 0 saturated heterocycles. The van der Waals surface area contributed by atoms with Gasteiger partial charge in [-0.3, -0.25) is 13.9 Å². The fourth-order valence-electron chi connectivity index (χ4n) is 1.39. The quantitative estimate of drug-likeness (QED) is 0.676. The smallest absolute Gasteiger partial charge is 0.286 e. The van der Waals surface area contributed by atoms with Crippen molar-refractivity contribution in [1.82, 2.24) is 14.1 Å². The van der Waals surface area contributed by atoms with Crippen LogP contribution in [0.4, 0.5) is 0 Å². The lowest BCUT2D eigenvalue weighted by Gasteiger charge is -2.03. The largest absolute Gasteiger partial charge is 0.331 e. The highest BCUT2D eigenvalue weighted by atomic mass is 32.1. The Balaban J connectivity index is 3.10. The number of hydrogen-bond acceptors (Lipinski definition) is 4. The highest BCUT2D eigenvalue weighted by Gasteiger charge is 2.11. The minimum Gasteiger partial charge on any atom is -0.286 e. The molecule has 0 amide bonds. The molecule has 2 rings (SSSR count). The van der Waals surface area contributed by atoms with Crippen LogP contribution >= 0.6 is 11.3 Å². The summed E-state index contributed by atoms with van der Waals surface area (Å²) in [5, 5.41) is 0. The average Bonchev–Trinajstić information content (AvgIpc) is 2.64. The molecule has 0 saturated carbocycles. The maximum absolute atomic E-state index is 11.7. The van der Waals surface area contributed by atoms with Crippen LogP contribution in [0, 0.1) is 0 Å². The zero-order valence-electron chi connectivity index (χ0n) is 7.85. The van der Waals surface area contributed by atoms with Gasteiger partial charge in [0.2, 0.25) is 0 Å². The predicted molar refractivity (Wildman–Crippen MR) is 54.8 cm³/mol. The predicted octanol–water partition coefficient (Wildman–Crippen LogP) is 0.177. The van der Waals surface area contributed by atoms with Gasteiger partial charge < -0.3 is 0 Å². The second kappa shape index (κ2) is 3.06. The monoisotopic (exact) mass is 211 g/mol. The van der Waals surface area contributed by atoms with E-state index in [2.05, 4.69) is 4.98 Å². The molecule has 0 spiro atoms. The van der Waals surface area contributed by atoms with E-state index in [0.29, 0.717) is 16.9 Å². The molecule has 2 aromatic heterocycles. The summed E-state index contributed by atoms with van der Waals surface area (Å²) in [7, 11) is 1.65. The fourth-order valence-corrected chi connectivity index (χ4v) is 2.13. The van der Waals surface area contributed by atoms with Crippen LogP contribution in [0.15, 0.2) is 15.1 Å². The van der Waals surface area contributed by atoms with Crippen LogP contribution in [0.25, 0.3) is 10.3 Å². The lowest BCUT2D eigenvalue weighted by Crippen LogP contribution is -2.38. The van der Waals surface area contributed by atoms with E-state index in [1.165, 1.54) is 20.5 Å². The van der Waals surface area contributed by atoms with Gasteiger partial charge in [-0.1, -0.05) is 0 Å². The standard InChI is InChI=1S/C8H9N3O2S/c1-3-11-6(12)5-7(14-4-9-5)10(2)8(11)13/h4H,3H2,1-2H3. The maximum atomic E-state index is 11.7. The number of fused-ring (bicyclic) bond motifs is 1. The van der Waals surface area contributed by atoms with Crippen molar-refractivity contribution in [2.45, 2.75) is 13.5 Å². The molecule has 2 heterocycles. The number of hydrogen-bond donors (Lipinski definition) is 0. The number of nitrogens with zero attached hydrogens (tertiary/aromatic N) is 3. The van der Waals surface area contributed by atoms with Gasteiger partial charge >= 0.3 is 5.69 Å². The lowest BCUT2D eigenvalue weighted by atomic mass is 10.5. The molecule has 0 radical (unpaired) electrons. The minimum absolute atomic E-state index is 0.283. The van der Waals surface area contributed by atoms with E-state index in [4.69, 9.17) is 0 Å². The van der Waals surface area contributed by atoms with Crippen LogP contribution in [-0.4, -0.2) is 14.1 Å². The molecule has 2 aromatic rings. The van der Waals surface area contributed by atoms with E-state index in [0.717, 1.165) is 0 Å². The molecule has 0 aliphatic rings. The second-order valence-electron chi connectivity index (χ2n) is 2.90. The maximum Gasteiger partial charge on any atom is 0.331 e. The lowest BCUT2D eigenvalue weighted by molar-refractivity contribution is 0.641. The molecule has 0 bridgehead atoms. The Labute approximate surface area is 83.3 Å². The molecular formula is C8H9N3O2S. The zero-order valence-corrected chi connectivity index (χ0v) is 8.67. The van der Waals surface area contributed by atoms with Crippen LogP contribution in [0.3, 0.4) is 0 Å². The van der Waals surface area contributed by atoms with E-state index < -0.39 is 0 Å². The number of thiazole rings is 1. The summed E-state index contributed by atoms with van der Waals surface area (Å²) < 4.78 is 2.64. The zero-order chi connectivity index (χ0) is 10.3. The molecule has 0 fully saturated rings. The van der Waals surface area contributed by atoms with Crippen LogP contribution in [-0.2, 0) is 13.6 Å². The first-order chi connectivity index (χ1) is 6.66.